The summed E-state index contributed by atoms with van der Waals surface area (Å²) in [5, 5.41) is 0. The lowest BCUT2D eigenvalue weighted by Crippen LogP contribution is -1.77. The Hall–Kier alpha value is -1.82. The van der Waals surface area contributed by atoms with Gasteiger partial charge in [0.05, 0.1) is 0 Å². The van der Waals surface area contributed by atoms with Gasteiger partial charge in [-0.05, 0) is 23.6 Å². The SMILES string of the molecule is C=C(/C=C\C(=C)c1ccccc1)/C=C/C. The van der Waals surface area contributed by atoms with Gasteiger partial charge in [0.15, 0.2) is 0 Å². The first-order valence-corrected chi connectivity index (χ1v) is 4.98. The van der Waals surface area contributed by atoms with E-state index >= 15 is 0 Å². The van der Waals surface area contributed by atoms with Crippen molar-refractivity contribution in [3.63, 3.8) is 0 Å². The highest BCUT2D eigenvalue weighted by molar-refractivity contribution is 5.72. The van der Waals surface area contributed by atoms with Crippen molar-refractivity contribution in [2.45, 2.75) is 6.92 Å². The van der Waals surface area contributed by atoms with Crippen molar-refractivity contribution in [2.75, 3.05) is 0 Å². The molecule has 0 spiro atoms. The quantitative estimate of drug-likeness (QED) is 0.626. The third kappa shape index (κ3) is 3.82. The van der Waals surface area contributed by atoms with Crippen molar-refractivity contribution >= 4 is 5.57 Å². The minimum Gasteiger partial charge on any atom is -0.0918 e. The van der Waals surface area contributed by atoms with E-state index in [1.165, 1.54) is 0 Å². The Morgan fingerprint density at radius 3 is 2.27 bits per heavy atom. The van der Waals surface area contributed by atoms with Gasteiger partial charge in [-0.2, -0.15) is 0 Å². The second kappa shape index (κ2) is 5.82. The molecule has 0 N–H and O–H groups in total. The normalized spacial score (nSPS) is 11.0. The lowest BCUT2D eigenvalue weighted by molar-refractivity contribution is 1.61. The molecule has 0 heteroatoms. The van der Waals surface area contributed by atoms with Gasteiger partial charge in [0.1, 0.15) is 0 Å². The van der Waals surface area contributed by atoms with E-state index in [0.29, 0.717) is 0 Å². The van der Waals surface area contributed by atoms with E-state index in [1.807, 2.05) is 61.6 Å². The molecule has 0 bridgehead atoms. The smallest absolute Gasteiger partial charge is 0.0190 e. The van der Waals surface area contributed by atoms with Crippen LogP contribution in [-0.4, -0.2) is 0 Å². The van der Waals surface area contributed by atoms with Crippen LogP contribution in [0.1, 0.15) is 12.5 Å². The van der Waals surface area contributed by atoms with Crippen LogP contribution >= 0.6 is 0 Å². The molecule has 15 heavy (non-hydrogen) atoms. The van der Waals surface area contributed by atoms with Gasteiger partial charge in [0, 0.05) is 0 Å². The molecular formula is C15H16. The van der Waals surface area contributed by atoms with Gasteiger partial charge in [-0.15, -0.1) is 0 Å². The number of allylic oxidation sites excluding steroid dienone is 6. The summed E-state index contributed by atoms with van der Waals surface area (Å²) in [5.74, 6) is 0. The summed E-state index contributed by atoms with van der Waals surface area (Å²) in [6, 6.07) is 10.1. The molecule has 0 aliphatic rings. The van der Waals surface area contributed by atoms with E-state index in [1.54, 1.807) is 0 Å². The molecule has 0 saturated heterocycles. The van der Waals surface area contributed by atoms with Crippen LogP contribution in [0.25, 0.3) is 5.57 Å². The number of hydrogen-bond donors (Lipinski definition) is 0. The Labute approximate surface area is 92.0 Å². The molecule has 0 unspecified atom stereocenters. The van der Waals surface area contributed by atoms with Crippen LogP contribution in [0, 0.1) is 0 Å². The third-order valence-corrected chi connectivity index (χ3v) is 2.02. The number of benzene rings is 1. The van der Waals surface area contributed by atoms with Crippen LogP contribution in [-0.2, 0) is 0 Å². The highest BCUT2D eigenvalue weighted by Gasteiger charge is 1.91. The zero-order valence-electron chi connectivity index (χ0n) is 9.11. The van der Waals surface area contributed by atoms with E-state index in [2.05, 4.69) is 13.2 Å². The minimum atomic E-state index is 0.981. The van der Waals surface area contributed by atoms with Gasteiger partial charge in [-0.25, -0.2) is 0 Å². The molecule has 0 radical (unpaired) electrons. The average Bonchev–Trinajstić information content (AvgIpc) is 2.27. The molecule has 1 aromatic carbocycles. The van der Waals surface area contributed by atoms with Crippen molar-refractivity contribution in [3.05, 3.63) is 78.9 Å². The van der Waals surface area contributed by atoms with E-state index in [9.17, 15) is 0 Å². The fraction of sp³-hybridized carbons (Fsp3) is 0.0667. The second-order valence-electron chi connectivity index (χ2n) is 3.30. The highest BCUT2D eigenvalue weighted by atomic mass is 14.0. The van der Waals surface area contributed by atoms with Crippen LogP contribution in [0.4, 0.5) is 0 Å². The van der Waals surface area contributed by atoms with Gasteiger partial charge >= 0.3 is 0 Å². The van der Waals surface area contributed by atoms with Crippen LogP contribution < -0.4 is 0 Å². The van der Waals surface area contributed by atoms with E-state index in [0.717, 1.165) is 16.7 Å². The molecule has 0 aliphatic carbocycles. The van der Waals surface area contributed by atoms with Crippen molar-refractivity contribution < 1.29 is 0 Å². The maximum Gasteiger partial charge on any atom is -0.0190 e. The fourth-order valence-corrected chi connectivity index (χ4v) is 1.23. The summed E-state index contributed by atoms with van der Waals surface area (Å²) < 4.78 is 0. The summed E-state index contributed by atoms with van der Waals surface area (Å²) in [4.78, 5) is 0. The maximum atomic E-state index is 4.01. The summed E-state index contributed by atoms with van der Waals surface area (Å²) in [5.41, 5.74) is 3.12. The number of hydrogen-bond acceptors (Lipinski definition) is 0. The van der Waals surface area contributed by atoms with Gasteiger partial charge in [0.2, 0.25) is 0 Å². The average molecular weight is 196 g/mol. The molecule has 0 amide bonds. The Kier molecular flexibility index (Phi) is 4.36. The first kappa shape index (κ1) is 11.3. The summed E-state index contributed by atoms with van der Waals surface area (Å²) in [7, 11) is 0. The minimum absolute atomic E-state index is 0.981. The van der Waals surface area contributed by atoms with Crippen LogP contribution in [0.15, 0.2) is 73.4 Å². The molecule has 0 saturated carbocycles. The predicted octanol–water partition coefficient (Wildman–Crippen LogP) is 4.39. The Balaban J connectivity index is 2.68. The second-order valence-corrected chi connectivity index (χ2v) is 3.30. The first-order chi connectivity index (χ1) is 7.24. The Bertz CT molecular complexity index is 391. The van der Waals surface area contributed by atoms with E-state index < -0.39 is 0 Å². The molecule has 0 nitrogen and oxygen atoms in total. The topological polar surface area (TPSA) is 0 Å². The van der Waals surface area contributed by atoms with Crippen molar-refractivity contribution in [3.8, 4) is 0 Å². The van der Waals surface area contributed by atoms with Crippen molar-refractivity contribution in [1.82, 2.24) is 0 Å². The van der Waals surface area contributed by atoms with Gasteiger partial charge < -0.3 is 0 Å². The summed E-state index contributed by atoms with van der Waals surface area (Å²) in [6.07, 6.45) is 7.89. The monoisotopic (exact) mass is 196 g/mol. The zero-order chi connectivity index (χ0) is 11.1. The third-order valence-electron chi connectivity index (χ3n) is 2.02. The standard InChI is InChI=1S/C15H16/c1-4-8-13(2)11-12-14(3)15-9-6-5-7-10-15/h4-12H,2-3H2,1H3/b8-4+,12-11-. The summed E-state index contributed by atoms with van der Waals surface area (Å²) in [6.45, 7) is 9.88. The number of rotatable bonds is 4. The van der Waals surface area contributed by atoms with Crippen LogP contribution in [0.5, 0.6) is 0 Å². The first-order valence-electron chi connectivity index (χ1n) is 4.98. The molecule has 1 aromatic rings. The van der Waals surface area contributed by atoms with Gasteiger partial charge in [-0.3, -0.25) is 0 Å². The molecule has 0 heterocycles. The van der Waals surface area contributed by atoms with Crippen molar-refractivity contribution in [2.24, 2.45) is 0 Å². The molecule has 76 valence electrons. The molecular weight excluding hydrogens is 180 g/mol. The molecule has 0 aliphatic heterocycles. The fourth-order valence-electron chi connectivity index (χ4n) is 1.23. The van der Waals surface area contributed by atoms with Gasteiger partial charge in [0.25, 0.3) is 0 Å². The summed E-state index contributed by atoms with van der Waals surface area (Å²) >= 11 is 0. The largest absolute Gasteiger partial charge is 0.0918 e. The van der Waals surface area contributed by atoms with Crippen molar-refractivity contribution in [1.29, 1.82) is 0 Å². The predicted molar refractivity (Wildman–Crippen MR) is 68.6 cm³/mol. The van der Waals surface area contributed by atoms with Crippen LogP contribution in [0.2, 0.25) is 0 Å². The van der Waals surface area contributed by atoms with Gasteiger partial charge in [-0.1, -0.05) is 67.8 Å². The molecule has 1 rings (SSSR count). The lowest BCUT2D eigenvalue weighted by atomic mass is 10.1. The van der Waals surface area contributed by atoms with E-state index in [-0.39, 0.29) is 0 Å². The van der Waals surface area contributed by atoms with E-state index in [4.69, 9.17) is 0 Å². The zero-order valence-corrected chi connectivity index (χ0v) is 9.11. The molecule has 0 fully saturated rings. The molecule has 0 atom stereocenters. The Morgan fingerprint density at radius 1 is 1.00 bits per heavy atom. The lowest BCUT2D eigenvalue weighted by Gasteiger charge is -1.98. The molecule has 0 aromatic heterocycles. The highest BCUT2D eigenvalue weighted by Crippen LogP contribution is 2.13. The maximum absolute atomic E-state index is 4.01. The Morgan fingerprint density at radius 2 is 1.67 bits per heavy atom. The van der Waals surface area contributed by atoms with Crippen LogP contribution in [0.3, 0.4) is 0 Å².